The molecule has 0 spiro atoms. The maximum absolute atomic E-state index is 13.2. The number of aromatic nitrogens is 5. The first kappa shape index (κ1) is 22.3. The Morgan fingerprint density at radius 1 is 1.12 bits per heavy atom. The van der Waals surface area contributed by atoms with E-state index in [2.05, 4.69) is 62.8 Å². The summed E-state index contributed by atoms with van der Waals surface area (Å²) in [4.78, 5) is 24.1. The summed E-state index contributed by atoms with van der Waals surface area (Å²) in [5.74, 6) is 1.98. The van der Waals surface area contributed by atoms with Crippen molar-refractivity contribution in [1.29, 1.82) is 0 Å². The number of aryl methyl sites for hydroxylation is 2. The van der Waals surface area contributed by atoms with Gasteiger partial charge in [0.15, 0.2) is 5.16 Å². The lowest BCUT2D eigenvalue weighted by molar-refractivity contribution is -0.129. The van der Waals surface area contributed by atoms with Crippen molar-refractivity contribution in [3.63, 3.8) is 0 Å². The predicted octanol–water partition coefficient (Wildman–Crippen LogP) is 3.46. The molecule has 1 fully saturated rings. The van der Waals surface area contributed by atoms with Gasteiger partial charge in [0.2, 0.25) is 17.8 Å². The van der Waals surface area contributed by atoms with Gasteiger partial charge in [-0.25, -0.2) is 4.40 Å². The largest absolute Gasteiger partial charge is 0.355 e. The highest BCUT2D eigenvalue weighted by atomic mass is 32.2. The highest BCUT2D eigenvalue weighted by Gasteiger charge is 2.30. The van der Waals surface area contributed by atoms with Crippen LogP contribution in [-0.2, 0) is 4.79 Å². The minimum atomic E-state index is 0.114. The number of nitrogens with one attached hydrogen (secondary N) is 2. The normalized spacial score (nSPS) is 16.0. The van der Waals surface area contributed by atoms with Crippen LogP contribution in [-0.4, -0.2) is 60.8 Å². The van der Waals surface area contributed by atoms with Crippen LogP contribution in [0.5, 0.6) is 0 Å². The average molecular weight is 455 g/mol. The van der Waals surface area contributed by atoms with Gasteiger partial charge in [0.1, 0.15) is 0 Å². The number of hydrogen-bond acceptors (Lipinski definition) is 8. The van der Waals surface area contributed by atoms with E-state index in [0.29, 0.717) is 41.7 Å². The minimum absolute atomic E-state index is 0.114. The van der Waals surface area contributed by atoms with Gasteiger partial charge in [-0.1, -0.05) is 30.0 Å². The molecule has 0 bridgehead atoms. The number of hydrogen-bond donors (Lipinski definition) is 2. The molecule has 1 saturated heterocycles. The maximum Gasteiger partial charge on any atom is 0.261 e. The summed E-state index contributed by atoms with van der Waals surface area (Å²) in [6.07, 6.45) is 2.02. The van der Waals surface area contributed by atoms with Crippen LogP contribution < -0.4 is 10.6 Å². The fourth-order valence-corrected chi connectivity index (χ4v) is 4.80. The molecule has 2 N–H and O–H groups in total. The summed E-state index contributed by atoms with van der Waals surface area (Å²) in [6.45, 7) is 10.4. The van der Waals surface area contributed by atoms with Crippen LogP contribution in [0.2, 0.25) is 0 Å². The Labute approximate surface area is 192 Å². The summed E-state index contributed by atoms with van der Waals surface area (Å²) in [7, 11) is 0. The highest BCUT2D eigenvalue weighted by molar-refractivity contribution is 7.99. The van der Waals surface area contributed by atoms with Crippen LogP contribution >= 0.6 is 11.8 Å². The highest BCUT2D eigenvalue weighted by Crippen LogP contribution is 2.34. The number of nitrogens with zero attached hydrogens (tertiary/aromatic N) is 6. The van der Waals surface area contributed by atoms with Crippen molar-refractivity contribution in [2.24, 2.45) is 0 Å². The second kappa shape index (κ2) is 9.72. The molecule has 1 atom stereocenters. The van der Waals surface area contributed by atoms with E-state index in [-0.39, 0.29) is 11.9 Å². The number of fused-ring (bicyclic) bond motifs is 1. The summed E-state index contributed by atoms with van der Waals surface area (Å²) in [5, 5.41) is 15.4. The molecule has 3 aromatic rings. The monoisotopic (exact) mass is 454 g/mol. The van der Waals surface area contributed by atoms with Crippen molar-refractivity contribution in [3.05, 3.63) is 34.9 Å². The molecule has 3 heterocycles. The van der Waals surface area contributed by atoms with Gasteiger partial charge >= 0.3 is 0 Å². The standard InChI is InChI=1S/C22H30N8OS/c1-5-23-19-25-20(24-6-2)30-21(26-19)27-28-22(30)32-13-18(31)29-11-7-8-17(29)16-10-9-14(3)15(4)12-16/h9-10,12,17H,5-8,11,13H2,1-4H3,(H2,23,24,25,26,27). The van der Waals surface area contributed by atoms with Crippen molar-refractivity contribution < 1.29 is 4.79 Å². The number of likely N-dealkylation sites (tertiary alicyclic amines) is 1. The first-order chi connectivity index (χ1) is 15.5. The Hall–Kier alpha value is -2.88. The fourth-order valence-electron chi connectivity index (χ4n) is 3.99. The number of amides is 1. The molecule has 170 valence electrons. The van der Waals surface area contributed by atoms with Gasteiger partial charge in [-0.3, -0.25) is 4.79 Å². The third-order valence-electron chi connectivity index (χ3n) is 5.73. The molecule has 0 aliphatic carbocycles. The Kier molecular flexibility index (Phi) is 6.78. The molecule has 0 saturated carbocycles. The lowest BCUT2D eigenvalue weighted by Gasteiger charge is -2.25. The molecular weight excluding hydrogens is 424 g/mol. The van der Waals surface area contributed by atoms with Crippen LogP contribution in [0.4, 0.5) is 11.9 Å². The Balaban J connectivity index is 1.51. The van der Waals surface area contributed by atoms with E-state index in [1.807, 2.05) is 18.7 Å². The number of rotatable bonds is 8. The Morgan fingerprint density at radius 2 is 1.94 bits per heavy atom. The lowest BCUT2D eigenvalue weighted by atomic mass is 9.99. The van der Waals surface area contributed by atoms with Gasteiger partial charge in [-0.15, -0.1) is 10.2 Å². The van der Waals surface area contributed by atoms with E-state index in [1.54, 1.807) is 4.40 Å². The van der Waals surface area contributed by atoms with Crippen LogP contribution in [0.15, 0.2) is 23.4 Å². The minimum Gasteiger partial charge on any atom is -0.355 e. The molecule has 32 heavy (non-hydrogen) atoms. The third kappa shape index (κ3) is 4.50. The van der Waals surface area contributed by atoms with Crippen molar-refractivity contribution >= 4 is 35.3 Å². The summed E-state index contributed by atoms with van der Waals surface area (Å²) >= 11 is 1.37. The van der Waals surface area contributed by atoms with Crippen molar-refractivity contribution in [3.8, 4) is 0 Å². The van der Waals surface area contributed by atoms with E-state index in [9.17, 15) is 4.79 Å². The number of thioether (sulfide) groups is 1. The Morgan fingerprint density at radius 3 is 2.69 bits per heavy atom. The fraction of sp³-hybridized carbons (Fsp3) is 0.500. The van der Waals surface area contributed by atoms with E-state index in [4.69, 9.17) is 0 Å². The molecule has 0 radical (unpaired) electrons. The lowest BCUT2D eigenvalue weighted by Crippen LogP contribution is -2.32. The molecule has 4 rings (SSSR count). The van der Waals surface area contributed by atoms with Crippen LogP contribution in [0, 0.1) is 13.8 Å². The van der Waals surface area contributed by atoms with Crippen LogP contribution in [0.3, 0.4) is 0 Å². The van der Waals surface area contributed by atoms with E-state index >= 15 is 0 Å². The summed E-state index contributed by atoms with van der Waals surface area (Å²) < 4.78 is 1.77. The van der Waals surface area contributed by atoms with Gasteiger partial charge in [0, 0.05) is 19.6 Å². The molecule has 9 nitrogen and oxygen atoms in total. The van der Waals surface area contributed by atoms with Crippen molar-refractivity contribution in [2.75, 3.05) is 36.0 Å². The predicted molar refractivity (Wildman–Crippen MR) is 127 cm³/mol. The molecule has 1 aliphatic rings. The maximum atomic E-state index is 13.2. The summed E-state index contributed by atoms with van der Waals surface area (Å²) in [5.41, 5.74) is 3.75. The van der Waals surface area contributed by atoms with Gasteiger partial charge in [0.25, 0.3) is 5.78 Å². The second-order valence-electron chi connectivity index (χ2n) is 7.93. The first-order valence-electron chi connectivity index (χ1n) is 11.1. The topological polar surface area (TPSA) is 100 Å². The number of carbonyl (C=O) groups is 1. The van der Waals surface area contributed by atoms with Gasteiger partial charge in [-0.2, -0.15) is 9.97 Å². The van der Waals surface area contributed by atoms with Crippen molar-refractivity contribution in [1.82, 2.24) is 29.5 Å². The summed E-state index contributed by atoms with van der Waals surface area (Å²) in [6, 6.07) is 6.65. The molecule has 1 aromatic carbocycles. The van der Waals surface area contributed by atoms with Crippen molar-refractivity contribution in [2.45, 2.75) is 51.7 Å². The average Bonchev–Trinajstić information content (AvgIpc) is 3.42. The second-order valence-corrected chi connectivity index (χ2v) is 8.87. The molecule has 1 aliphatic heterocycles. The SMILES string of the molecule is CCNc1nc(NCC)n2c(SCC(=O)N3CCCC3c3ccc(C)c(C)c3)nnc2n1. The van der Waals surface area contributed by atoms with E-state index < -0.39 is 0 Å². The molecule has 10 heteroatoms. The number of benzene rings is 1. The zero-order valence-electron chi connectivity index (χ0n) is 19.1. The van der Waals surface area contributed by atoms with Crippen LogP contribution in [0.25, 0.3) is 5.78 Å². The van der Waals surface area contributed by atoms with Gasteiger partial charge < -0.3 is 15.5 Å². The van der Waals surface area contributed by atoms with Gasteiger partial charge in [-0.05, 0) is 57.2 Å². The number of carbonyl (C=O) groups excluding carboxylic acids is 1. The molecule has 2 aromatic heterocycles. The van der Waals surface area contributed by atoms with Crippen LogP contribution in [0.1, 0.15) is 49.4 Å². The number of anilines is 2. The zero-order chi connectivity index (χ0) is 22.7. The molecular formula is C22H30N8OS. The quantitative estimate of drug-likeness (QED) is 0.499. The Bertz CT molecular complexity index is 1110. The van der Waals surface area contributed by atoms with E-state index in [1.165, 1.54) is 28.5 Å². The van der Waals surface area contributed by atoms with Gasteiger partial charge in [0.05, 0.1) is 11.8 Å². The molecule has 1 unspecified atom stereocenters. The molecule has 1 amide bonds. The third-order valence-corrected chi connectivity index (χ3v) is 6.64. The smallest absolute Gasteiger partial charge is 0.261 e. The first-order valence-corrected chi connectivity index (χ1v) is 12.1. The van der Waals surface area contributed by atoms with E-state index in [0.717, 1.165) is 19.4 Å². The zero-order valence-corrected chi connectivity index (χ0v) is 19.9.